The van der Waals surface area contributed by atoms with E-state index in [2.05, 4.69) is 56.1 Å². The van der Waals surface area contributed by atoms with E-state index in [9.17, 15) is 4.79 Å². The van der Waals surface area contributed by atoms with Gasteiger partial charge in [-0.15, -0.1) is 0 Å². The van der Waals surface area contributed by atoms with Crippen molar-refractivity contribution in [3.8, 4) is 0 Å². The highest BCUT2D eigenvalue weighted by atomic mass is 16.5. The number of fused-ring (bicyclic) bond motifs is 1. The Bertz CT molecular complexity index is 1130. The van der Waals surface area contributed by atoms with Gasteiger partial charge in [-0.25, -0.2) is 4.79 Å². The molecule has 2 aromatic carbocycles. The van der Waals surface area contributed by atoms with Gasteiger partial charge in [0.15, 0.2) is 0 Å². The maximum Gasteiger partial charge on any atom is 0.341 e. The highest BCUT2D eigenvalue weighted by molar-refractivity contribution is 6.05. The standard InChI is InChI=1S/C29H38N2O2/c1-18-10-9-11-19(2)26(18)21(4)33-28(32)27-20(3)31-25-15-14-22(16-24(25)27)17-29(5,30)23-12-7-6-8-13-23/h9-11,14-16,21,23,31H,6-8,12-13,17,30H2,1-5H3. The van der Waals surface area contributed by atoms with E-state index in [0.29, 0.717) is 11.5 Å². The number of aromatic amines is 1. The molecule has 2 atom stereocenters. The molecule has 1 aliphatic rings. The van der Waals surface area contributed by atoms with Crippen molar-refractivity contribution in [3.05, 3.63) is 69.9 Å². The second-order valence-electron chi connectivity index (χ2n) is 10.4. The number of carbonyl (C=O) groups is 1. The minimum absolute atomic E-state index is 0.239. The lowest BCUT2D eigenvalue weighted by Gasteiger charge is -2.37. The number of nitrogens with one attached hydrogen (secondary N) is 1. The molecule has 0 radical (unpaired) electrons. The lowest BCUT2D eigenvalue weighted by molar-refractivity contribution is 0.0337. The largest absolute Gasteiger partial charge is 0.454 e. The van der Waals surface area contributed by atoms with Crippen molar-refractivity contribution in [1.82, 2.24) is 4.98 Å². The first-order valence-corrected chi connectivity index (χ1v) is 12.3. The van der Waals surface area contributed by atoms with Gasteiger partial charge in [0.2, 0.25) is 0 Å². The summed E-state index contributed by atoms with van der Waals surface area (Å²) in [5.41, 5.74) is 13.5. The van der Waals surface area contributed by atoms with Crippen LogP contribution >= 0.6 is 0 Å². The van der Waals surface area contributed by atoms with E-state index in [0.717, 1.165) is 39.7 Å². The van der Waals surface area contributed by atoms with Crippen LogP contribution in [-0.2, 0) is 11.2 Å². The molecule has 4 rings (SSSR count). The average molecular weight is 447 g/mol. The molecule has 1 aromatic heterocycles. The zero-order valence-electron chi connectivity index (χ0n) is 20.8. The van der Waals surface area contributed by atoms with Gasteiger partial charge < -0.3 is 15.5 Å². The van der Waals surface area contributed by atoms with Crippen LogP contribution in [-0.4, -0.2) is 16.5 Å². The van der Waals surface area contributed by atoms with Crippen LogP contribution in [0.25, 0.3) is 10.9 Å². The van der Waals surface area contributed by atoms with Crippen LogP contribution in [0.15, 0.2) is 36.4 Å². The van der Waals surface area contributed by atoms with Crippen LogP contribution in [0.2, 0.25) is 0 Å². The number of H-pyrrole nitrogens is 1. The van der Waals surface area contributed by atoms with E-state index in [1.54, 1.807) is 0 Å². The predicted octanol–water partition coefficient (Wildman–Crippen LogP) is 6.85. The molecule has 33 heavy (non-hydrogen) atoms. The third-order valence-corrected chi connectivity index (χ3v) is 7.61. The number of hydrogen-bond acceptors (Lipinski definition) is 3. The van der Waals surface area contributed by atoms with E-state index >= 15 is 0 Å². The van der Waals surface area contributed by atoms with Gasteiger partial charge >= 0.3 is 5.97 Å². The van der Waals surface area contributed by atoms with Gasteiger partial charge in [-0.1, -0.05) is 43.5 Å². The van der Waals surface area contributed by atoms with Crippen molar-refractivity contribution in [2.75, 3.05) is 0 Å². The van der Waals surface area contributed by atoms with Crippen molar-refractivity contribution in [2.24, 2.45) is 11.7 Å². The Balaban J connectivity index is 1.60. The Morgan fingerprint density at radius 1 is 1.12 bits per heavy atom. The van der Waals surface area contributed by atoms with Gasteiger partial charge in [0.25, 0.3) is 0 Å². The summed E-state index contributed by atoms with van der Waals surface area (Å²) in [6, 6.07) is 12.5. The fourth-order valence-electron chi connectivity index (χ4n) is 5.84. The summed E-state index contributed by atoms with van der Waals surface area (Å²) in [5.74, 6) is 0.270. The maximum absolute atomic E-state index is 13.3. The monoisotopic (exact) mass is 446 g/mol. The van der Waals surface area contributed by atoms with Crippen LogP contribution in [0.3, 0.4) is 0 Å². The van der Waals surface area contributed by atoms with Gasteiger partial charge in [0, 0.05) is 22.1 Å². The molecule has 176 valence electrons. The van der Waals surface area contributed by atoms with Crippen LogP contribution in [0.4, 0.5) is 0 Å². The number of ether oxygens (including phenoxy) is 1. The van der Waals surface area contributed by atoms with E-state index in [4.69, 9.17) is 10.5 Å². The molecule has 0 bridgehead atoms. The van der Waals surface area contributed by atoms with Gasteiger partial charge in [-0.3, -0.25) is 0 Å². The Labute approximate surface area is 197 Å². The van der Waals surface area contributed by atoms with Gasteiger partial charge in [0.1, 0.15) is 6.10 Å². The number of aryl methyl sites for hydroxylation is 3. The fourth-order valence-corrected chi connectivity index (χ4v) is 5.84. The Kier molecular flexibility index (Phi) is 6.67. The summed E-state index contributed by atoms with van der Waals surface area (Å²) in [6.07, 6.45) is 6.81. The van der Waals surface area contributed by atoms with E-state index in [1.165, 1.54) is 37.7 Å². The smallest absolute Gasteiger partial charge is 0.341 e. The van der Waals surface area contributed by atoms with E-state index in [1.807, 2.05) is 19.9 Å². The van der Waals surface area contributed by atoms with Crippen molar-refractivity contribution < 1.29 is 9.53 Å². The summed E-state index contributed by atoms with van der Waals surface area (Å²) in [5, 5.41) is 0.920. The molecule has 3 aromatic rings. The minimum atomic E-state index is -0.315. The molecular weight excluding hydrogens is 408 g/mol. The summed E-state index contributed by atoms with van der Waals surface area (Å²) in [4.78, 5) is 16.7. The Hall–Kier alpha value is -2.59. The topological polar surface area (TPSA) is 68.1 Å². The maximum atomic E-state index is 13.3. The highest BCUT2D eigenvalue weighted by Crippen LogP contribution is 2.34. The molecule has 0 amide bonds. The first kappa shape index (κ1) is 23.6. The lowest BCUT2D eigenvalue weighted by atomic mass is 9.73. The Morgan fingerprint density at radius 3 is 2.45 bits per heavy atom. The quantitative estimate of drug-likeness (QED) is 0.407. The summed E-state index contributed by atoms with van der Waals surface area (Å²) >= 11 is 0. The molecule has 1 aliphatic carbocycles. The zero-order valence-corrected chi connectivity index (χ0v) is 20.8. The van der Waals surface area contributed by atoms with Gasteiger partial charge in [0.05, 0.1) is 5.56 Å². The average Bonchev–Trinajstić information content (AvgIpc) is 3.09. The minimum Gasteiger partial charge on any atom is -0.454 e. The number of hydrogen-bond donors (Lipinski definition) is 2. The zero-order chi connectivity index (χ0) is 23.8. The van der Waals surface area contributed by atoms with Crippen LogP contribution in [0.1, 0.15) is 90.4 Å². The molecule has 0 saturated heterocycles. The van der Waals surface area contributed by atoms with E-state index < -0.39 is 0 Å². The fraction of sp³-hybridized carbons (Fsp3) is 0.483. The molecule has 0 aliphatic heterocycles. The van der Waals surface area contributed by atoms with Gasteiger partial charge in [-0.2, -0.15) is 0 Å². The summed E-state index contributed by atoms with van der Waals surface area (Å²) in [7, 11) is 0. The molecule has 1 saturated carbocycles. The molecule has 4 nitrogen and oxygen atoms in total. The molecule has 1 heterocycles. The van der Waals surface area contributed by atoms with Gasteiger partial charge in [-0.05, 0) is 94.2 Å². The predicted molar refractivity (Wildman–Crippen MR) is 136 cm³/mol. The first-order valence-electron chi connectivity index (χ1n) is 12.3. The molecule has 1 fully saturated rings. The second kappa shape index (κ2) is 9.34. The number of esters is 1. The van der Waals surface area contributed by atoms with Crippen LogP contribution < -0.4 is 5.73 Å². The molecular formula is C29H38N2O2. The normalized spacial score (nSPS) is 17.6. The molecule has 0 spiro atoms. The lowest BCUT2D eigenvalue weighted by Crippen LogP contribution is -2.47. The number of benzene rings is 2. The SMILES string of the molecule is Cc1cccc(C)c1C(C)OC(=O)c1c(C)[nH]c2ccc(CC(C)(N)C3CCCCC3)cc12. The Morgan fingerprint density at radius 2 is 1.79 bits per heavy atom. The van der Waals surface area contributed by atoms with Crippen molar-refractivity contribution in [1.29, 1.82) is 0 Å². The number of rotatable bonds is 6. The number of nitrogens with two attached hydrogens (primary N) is 1. The van der Waals surface area contributed by atoms with E-state index in [-0.39, 0.29) is 17.6 Å². The number of aromatic nitrogens is 1. The third-order valence-electron chi connectivity index (χ3n) is 7.61. The summed E-state index contributed by atoms with van der Waals surface area (Å²) < 4.78 is 5.98. The highest BCUT2D eigenvalue weighted by Gasteiger charge is 2.31. The van der Waals surface area contributed by atoms with Crippen LogP contribution in [0, 0.1) is 26.7 Å². The number of carbonyl (C=O) groups excluding carboxylic acids is 1. The molecule has 2 unspecified atom stereocenters. The molecule has 4 heteroatoms. The first-order chi connectivity index (χ1) is 15.7. The van der Waals surface area contributed by atoms with Crippen molar-refractivity contribution in [3.63, 3.8) is 0 Å². The summed E-state index contributed by atoms with van der Waals surface area (Å²) in [6.45, 7) is 10.2. The van der Waals surface area contributed by atoms with Crippen molar-refractivity contribution >= 4 is 16.9 Å². The molecule has 3 N–H and O–H groups in total. The second-order valence-corrected chi connectivity index (χ2v) is 10.4. The van der Waals surface area contributed by atoms with Crippen molar-refractivity contribution in [2.45, 2.75) is 84.8 Å². The third kappa shape index (κ3) is 4.86. The van der Waals surface area contributed by atoms with Crippen LogP contribution in [0.5, 0.6) is 0 Å².